The van der Waals surface area contributed by atoms with Crippen molar-refractivity contribution in [1.82, 2.24) is 14.8 Å². The van der Waals surface area contributed by atoms with Gasteiger partial charge in [0, 0.05) is 44.6 Å². The lowest BCUT2D eigenvalue weighted by Crippen LogP contribution is -2.38. The fraction of sp³-hybridized carbons (Fsp3) is 0.750. The molecule has 1 aliphatic carbocycles. The van der Waals surface area contributed by atoms with E-state index in [0.29, 0.717) is 35.2 Å². The highest BCUT2D eigenvalue weighted by Gasteiger charge is 2.32. The molecule has 1 saturated heterocycles. The standard InChI is InChI=1S/C28H44N4O2S2/c1-5-22-8-10-24(11-9-22)25(18-23-12-14-32(15-13-23)21(4)33)19-26(34)30-28-29-20-27(36-28)35-17-16-31(6-2)7-3/h1,20,22-25H,6-19H2,2-4H3,(H,29,30,34). The first-order valence-electron chi connectivity index (χ1n) is 13.7. The van der Waals surface area contributed by atoms with Crippen molar-refractivity contribution >= 4 is 40.0 Å². The molecule has 2 aliphatic rings. The monoisotopic (exact) mass is 532 g/mol. The molecule has 36 heavy (non-hydrogen) atoms. The summed E-state index contributed by atoms with van der Waals surface area (Å²) < 4.78 is 1.15. The maximum atomic E-state index is 13.1. The largest absolute Gasteiger partial charge is 0.343 e. The molecule has 8 heteroatoms. The van der Waals surface area contributed by atoms with E-state index >= 15 is 0 Å². The molecule has 1 saturated carbocycles. The summed E-state index contributed by atoms with van der Waals surface area (Å²) in [5, 5.41) is 3.80. The summed E-state index contributed by atoms with van der Waals surface area (Å²) in [6.45, 7) is 10.9. The molecular formula is C28H44N4O2S2. The summed E-state index contributed by atoms with van der Waals surface area (Å²) in [7, 11) is 0. The molecule has 3 rings (SSSR count). The van der Waals surface area contributed by atoms with E-state index in [1.165, 1.54) is 0 Å². The van der Waals surface area contributed by atoms with Crippen LogP contribution >= 0.6 is 23.1 Å². The van der Waals surface area contributed by atoms with Gasteiger partial charge in [0.05, 0.1) is 10.4 Å². The van der Waals surface area contributed by atoms with Gasteiger partial charge < -0.3 is 15.1 Å². The van der Waals surface area contributed by atoms with E-state index in [2.05, 4.69) is 35.0 Å². The number of anilines is 1. The first-order valence-corrected chi connectivity index (χ1v) is 15.5. The van der Waals surface area contributed by atoms with Crippen LogP contribution in [0.4, 0.5) is 5.13 Å². The molecule has 2 fully saturated rings. The molecule has 1 aromatic heterocycles. The Morgan fingerprint density at radius 1 is 1.22 bits per heavy atom. The number of aromatic nitrogens is 1. The van der Waals surface area contributed by atoms with Crippen LogP contribution in [-0.2, 0) is 9.59 Å². The molecule has 2 heterocycles. The van der Waals surface area contributed by atoms with Crippen LogP contribution in [0, 0.1) is 36.0 Å². The first-order chi connectivity index (χ1) is 17.4. The third-order valence-corrected chi connectivity index (χ3v) is 10.2. The predicted molar refractivity (Wildman–Crippen MR) is 151 cm³/mol. The molecule has 1 aromatic rings. The summed E-state index contributed by atoms with van der Waals surface area (Å²) in [6, 6.07) is 0. The van der Waals surface area contributed by atoms with Gasteiger partial charge in [-0.2, -0.15) is 0 Å². The summed E-state index contributed by atoms with van der Waals surface area (Å²) in [5.74, 6) is 6.10. The Bertz CT molecular complexity index is 863. The van der Waals surface area contributed by atoms with Crippen molar-refractivity contribution in [1.29, 1.82) is 0 Å². The van der Waals surface area contributed by atoms with Gasteiger partial charge in [0.15, 0.2) is 5.13 Å². The minimum Gasteiger partial charge on any atom is -0.343 e. The molecular weight excluding hydrogens is 488 g/mol. The molecule has 1 unspecified atom stereocenters. The Kier molecular flexibility index (Phi) is 12.1. The highest BCUT2D eigenvalue weighted by Crippen LogP contribution is 2.39. The van der Waals surface area contributed by atoms with Crippen molar-refractivity contribution in [3.63, 3.8) is 0 Å². The SMILES string of the molecule is C#CC1CCC(C(CC(=O)Nc2ncc(SCCN(CC)CC)s2)CC2CCN(C(C)=O)CC2)CC1. The number of piperidine rings is 1. The maximum absolute atomic E-state index is 13.1. The molecule has 0 spiro atoms. The van der Waals surface area contributed by atoms with Gasteiger partial charge in [-0.25, -0.2) is 4.98 Å². The fourth-order valence-corrected chi connectivity index (χ4v) is 7.69. The number of carbonyl (C=O) groups is 2. The lowest BCUT2D eigenvalue weighted by molar-refractivity contribution is -0.130. The van der Waals surface area contributed by atoms with Gasteiger partial charge >= 0.3 is 0 Å². The van der Waals surface area contributed by atoms with Gasteiger partial charge in [-0.3, -0.25) is 9.59 Å². The number of amides is 2. The topological polar surface area (TPSA) is 65.5 Å². The van der Waals surface area contributed by atoms with Crippen LogP contribution in [-0.4, -0.2) is 65.1 Å². The average Bonchev–Trinajstić information content (AvgIpc) is 3.33. The van der Waals surface area contributed by atoms with Crippen molar-refractivity contribution in [2.75, 3.05) is 43.8 Å². The van der Waals surface area contributed by atoms with Crippen LogP contribution in [0.3, 0.4) is 0 Å². The summed E-state index contributed by atoms with van der Waals surface area (Å²) in [4.78, 5) is 33.7. The number of terminal acetylenes is 1. The van der Waals surface area contributed by atoms with Crippen LogP contribution in [0.15, 0.2) is 10.4 Å². The first kappa shape index (κ1) is 29.0. The van der Waals surface area contributed by atoms with E-state index < -0.39 is 0 Å². The number of nitrogens with zero attached hydrogens (tertiary/aromatic N) is 3. The Labute approximate surface area is 226 Å². The fourth-order valence-electron chi connectivity index (χ4n) is 5.72. The number of hydrogen-bond donors (Lipinski definition) is 1. The number of likely N-dealkylation sites (tertiary alicyclic amines) is 1. The normalized spacial score (nSPS) is 21.8. The quantitative estimate of drug-likeness (QED) is 0.280. The lowest BCUT2D eigenvalue weighted by atomic mass is 9.71. The van der Waals surface area contributed by atoms with Crippen LogP contribution < -0.4 is 5.32 Å². The van der Waals surface area contributed by atoms with Gasteiger partial charge in [0.2, 0.25) is 11.8 Å². The van der Waals surface area contributed by atoms with Gasteiger partial charge in [0.1, 0.15) is 0 Å². The Hall–Kier alpha value is -1.56. The zero-order chi connectivity index (χ0) is 25.9. The average molecular weight is 533 g/mol. The van der Waals surface area contributed by atoms with E-state index in [4.69, 9.17) is 6.42 Å². The number of rotatable bonds is 12. The smallest absolute Gasteiger partial charge is 0.226 e. The Morgan fingerprint density at radius 3 is 2.53 bits per heavy atom. The van der Waals surface area contributed by atoms with E-state index in [1.807, 2.05) is 22.9 Å². The number of thioether (sulfide) groups is 1. The third-order valence-electron chi connectivity index (χ3n) is 8.09. The number of thiazole rings is 1. The molecule has 2 amide bonds. The molecule has 1 N–H and O–H groups in total. The van der Waals surface area contributed by atoms with Gasteiger partial charge in [0.25, 0.3) is 0 Å². The van der Waals surface area contributed by atoms with E-state index in [1.54, 1.807) is 18.3 Å². The Morgan fingerprint density at radius 2 is 1.92 bits per heavy atom. The highest BCUT2D eigenvalue weighted by molar-refractivity contribution is 8.01. The number of hydrogen-bond acceptors (Lipinski definition) is 6. The van der Waals surface area contributed by atoms with Crippen molar-refractivity contribution in [2.24, 2.45) is 23.7 Å². The van der Waals surface area contributed by atoms with Crippen LogP contribution in [0.5, 0.6) is 0 Å². The zero-order valence-electron chi connectivity index (χ0n) is 22.3. The number of nitrogens with one attached hydrogen (secondary N) is 1. The van der Waals surface area contributed by atoms with Crippen LogP contribution in [0.25, 0.3) is 0 Å². The highest BCUT2D eigenvalue weighted by atomic mass is 32.2. The summed E-state index contributed by atoms with van der Waals surface area (Å²) in [6.07, 6.45) is 15.6. The lowest BCUT2D eigenvalue weighted by Gasteiger charge is -2.37. The summed E-state index contributed by atoms with van der Waals surface area (Å²) in [5.41, 5.74) is 0. The van der Waals surface area contributed by atoms with Crippen molar-refractivity contribution in [2.45, 2.75) is 76.3 Å². The zero-order valence-corrected chi connectivity index (χ0v) is 24.0. The second-order valence-corrected chi connectivity index (χ2v) is 12.8. The molecule has 1 atom stereocenters. The molecule has 6 nitrogen and oxygen atoms in total. The second kappa shape index (κ2) is 15.0. The van der Waals surface area contributed by atoms with Gasteiger partial charge in [-0.05, 0) is 75.8 Å². The van der Waals surface area contributed by atoms with Gasteiger partial charge in [-0.15, -0.1) is 24.1 Å². The van der Waals surface area contributed by atoms with E-state index in [0.717, 1.165) is 87.6 Å². The predicted octanol–water partition coefficient (Wildman–Crippen LogP) is 5.61. The Balaban J connectivity index is 1.53. The van der Waals surface area contributed by atoms with Crippen molar-refractivity contribution < 1.29 is 9.59 Å². The maximum Gasteiger partial charge on any atom is 0.226 e. The van der Waals surface area contributed by atoms with E-state index in [9.17, 15) is 9.59 Å². The molecule has 0 bridgehead atoms. The van der Waals surface area contributed by atoms with Crippen LogP contribution in [0.1, 0.15) is 72.1 Å². The molecule has 200 valence electrons. The van der Waals surface area contributed by atoms with Crippen LogP contribution in [0.2, 0.25) is 0 Å². The summed E-state index contributed by atoms with van der Waals surface area (Å²) >= 11 is 3.39. The minimum atomic E-state index is 0.0780. The number of carbonyl (C=O) groups excluding carboxylic acids is 2. The molecule has 1 aliphatic heterocycles. The molecule has 0 aromatic carbocycles. The van der Waals surface area contributed by atoms with E-state index in [-0.39, 0.29) is 11.8 Å². The van der Waals surface area contributed by atoms with Crippen molar-refractivity contribution in [3.8, 4) is 12.3 Å². The second-order valence-electron chi connectivity index (χ2n) is 10.3. The molecule has 0 radical (unpaired) electrons. The third kappa shape index (κ3) is 9.08. The van der Waals surface area contributed by atoms with Gasteiger partial charge in [-0.1, -0.05) is 25.2 Å². The minimum absolute atomic E-state index is 0.0780. The van der Waals surface area contributed by atoms with Crippen molar-refractivity contribution in [3.05, 3.63) is 6.20 Å².